The summed E-state index contributed by atoms with van der Waals surface area (Å²) in [5.41, 5.74) is 5.25. The van der Waals surface area contributed by atoms with Crippen molar-refractivity contribution in [2.75, 3.05) is 12.3 Å². The molecule has 16 heavy (non-hydrogen) atoms. The number of carbonyl (C=O) groups excluding carboxylic acids is 1. The third-order valence-electron chi connectivity index (χ3n) is 3.50. The van der Waals surface area contributed by atoms with Crippen LogP contribution in [0.25, 0.3) is 0 Å². The molecule has 6 heteroatoms. The first-order valence-corrected chi connectivity index (χ1v) is 7.44. The van der Waals surface area contributed by atoms with Crippen molar-refractivity contribution in [3.8, 4) is 0 Å². The number of nitrogens with two attached hydrogens (primary N) is 1. The van der Waals surface area contributed by atoms with Gasteiger partial charge in [0.05, 0.1) is 11.3 Å². The van der Waals surface area contributed by atoms with E-state index < -0.39 is 15.1 Å². The Morgan fingerprint density at radius 2 is 2.06 bits per heavy atom. The van der Waals surface area contributed by atoms with Crippen LogP contribution >= 0.6 is 0 Å². The summed E-state index contributed by atoms with van der Waals surface area (Å²) in [5.74, 6) is -0.205. The summed E-state index contributed by atoms with van der Waals surface area (Å²) < 4.78 is 23.5. The van der Waals surface area contributed by atoms with Crippen LogP contribution in [-0.2, 0) is 14.6 Å². The van der Waals surface area contributed by atoms with Gasteiger partial charge in [0.25, 0.3) is 0 Å². The van der Waals surface area contributed by atoms with Crippen LogP contribution in [0.2, 0.25) is 0 Å². The molecule has 0 aromatic carbocycles. The SMILES string of the molecule is NCC1(NC(=O)C2CCCCS2(=O)=O)CC1. The van der Waals surface area contributed by atoms with E-state index in [9.17, 15) is 13.2 Å². The first-order chi connectivity index (χ1) is 7.49. The average Bonchev–Trinajstić information content (AvgIpc) is 2.97. The zero-order valence-corrected chi connectivity index (χ0v) is 10.1. The van der Waals surface area contributed by atoms with Crippen molar-refractivity contribution in [3.63, 3.8) is 0 Å². The molecule has 0 spiro atoms. The van der Waals surface area contributed by atoms with E-state index in [2.05, 4.69) is 5.32 Å². The van der Waals surface area contributed by atoms with Crippen LogP contribution in [0.1, 0.15) is 32.1 Å². The number of hydrogen-bond acceptors (Lipinski definition) is 4. The minimum Gasteiger partial charge on any atom is -0.348 e. The topological polar surface area (TPSA) is 89.3 Å². The molecule has 2 fully saturated rings. The smallest absolute Gasteiger partial charge is 0.238 e. The molecule has 1 aliphatic heterocycles. The van der Waals surface area contributed by atoms with Crippen molar-refractivity contribution < 1.29 is 13.2 Å². The second-order valence-electron chi connectivity index (χ2n) is 4.83. The van der Waals surface area contributed by atoms with Gasteiger partial charge in [-0.3, -0.25) is 4.79 Å². The minimum absolute atomic E-state index is 0.140. The molecule has 1 heterocycles. The quantitative estimate of drug-likeness (QED) is 0.706. The van der Waals surface area contributed by atoms with E-state index in [4.69, 9.17) is 5.73 Å². The number of nitrogens with one attached hydrogen (secondary N) is 1. The molecule has 1 atom stereocenters. The molecular weight excluding hydrogens is 228 g/mol. The molecule has 92 valence electrons. The van der Waals surface area contributed by atoms with Crippen LogP contribution < -0.4 is 11.1 Å². The molecule has 1 amide bonds. The Morgan fingerprint density at radius 1 is 1.38 bits per heavy atom. The Hall–Kier alpha value is -0.620. The molecule has 0 aromatic rings. The van der Waals surface area contributed by atoms with Crippen LogP contribution in [0, 0.1) is 0 Å². The third-order valence-corrected chi connectivity index (χ3v) is 5.68. The molecule has 5 nitrogen and oxygen atoms in total. The number of rotatable bonds is 3. The van der Waals surface area contributed by atoms with Crippen molar-refractivity contribution >= 4 is 15.7 Å². The normalized spacial score (nSPS) is 30.7. The van der Waals surface area contributed by atoms with Crippen LogP contribution in [0.15, 0.2) is 0 Å². The molecule has 1 aliphatic carbocycles. The number of carbonyl (C=O) groups is 1. The van der Waals surface area contributed by atoms with Crippen molar-refractivity contribution in [3.05, 3.63) is 0 Å². The summed E-state index contributed by atoms with van der Waals surface area (Å²) in [6.45, 7) is 0.394. The molecule has 2 rings (SSSR count). The maximum Gasteiger partial charge on any atom is 0.238 e. The fraction of sp³-hybridized carbons (Fsp3) is 0.900. The fourth-order valence-electron chi connectivity index (χ4n) is 2.12. The highest BCUT2D eigenvalue weighted by Crippen LogP contribution is 2.34. The lowest BCUT2D eigenvalue weighted by Crippen LogP contribution is -2.50. The van der Waals surface area contributed by atoms with Crippen LogP contribution in [0.5, 0.6) is 0 Å². The van der Waals surface area contributed by atoms with Crippen molar-refractivity contribution in [1.29, 1.82) is 0 Å². The van der Waals surface area contributed by atoms with Gasteiger partial charge in [0.2, 0.25) is 5.91 Å². The maximum atomic E-state index is 11.9. The van der Waals surface area contributed by atoms with Crippen molar-refractivity contribution in [2.24, 2.45) is 5.73 Å². The highest BCUT2D eigenvalue weighted by molar-refractivity contribution is 7.92. The van der Waals surface area contributed by atoms with E-state index in [1.54, 1.807) is 0 Å². The Balaban J connectivity index is 2.04. The molecule has 1 unspecified atom stereocenters. The molecule has 0 bridgehead atoms. The Labute approximate surface area is 95.7 Å². The number of hydrogen-bond donors (Lipinski definition) is 2. The van der Waals surface area contributed by atoms with Crippen LogP contribution in [0.4, 0.5) is 0 Å². The highest BCUT2D eigenvalue weighted by Gasteiger charge is 2.45. The predicted octanol–water partition coefficient (Wildman–Crippen LogP) is -0.439. The summed E-state index contributed by atoms with van der Waals surface area (Å²) in [6, 6.07) is 0. The van der Waals surface area contributed by atoms with Gasteiger partial charge in [-0.15, -0.1) is 0 Å². The van der Waals surface area contributed by atoms with Gasteiger partial charge in [-0.2, -0.15) is 0 Å². The summed E-state index contributed by atoms with van der Waals surface area (Å²) >= 11 is 0. The lowest BCUT2D eigenvalue weighted by atomic mass is 10.1. The van der Waals surface area contributed by atoms with Gasteiger partial charge in [0, 0.05) is 6.54 Å². The monoisotopic (exact) mass is 246 g/mol. The van der Waals surface area contributed by atoms with E-state index in [1.165, 1.54) is 0 Å². The highest BCUT2D eigenvalue weighted by atomic mass is 32.2. The Morgan fingerprint density at radius 3 is 2.56 bits per heavy atom. The van der Waals surface area contributed by atoms with Gasteiger partial charge in [-0.25, -0.2) is 8.42 Å². The van der Waals surface area contributed by atoms with Gasteiger partial charge >= 0.3 is 0 Å². The minimum atomic E-state index is -3.23. The van der Waals surface area contributed by atoms with E-state index in [-0.39, 0.29) is 17.2 Å². The molecule has 0 aromatic heterocycles. The fourth-order valence-corrected chi connectivity index (χ4v) is 3.92. The lowest BCUT2D eigenvalue weighted by Gasteiger charge is -2.24. The lowest BCUT2D eigenvalue weighted by molar-refractivity contribution is -0.121. The van der Waals surface area contributed by atoms with Crippen molar-refractivity contribution in [2.45, 2.75) is 42.9 Å². The average molecular weight is 246 g/mol. The molecule has 1 saturated carbocycles. The zero-order valence-electron chi connectivity index (χ0n) is 9.24. The number of sulfone groups is 1. The van der Waals surface area contributed by atoms with E-state index in [1.807, 2.05) is 0 Å². The van der Waals surface area contributed by atoms with Gasteiger partial charge in [0.1, 0.15) is 5.25 Å². The van der Waals surface area contributed by atoms with Gasteiger partial charge in [-0.1, -0.05) is 6.42 Å². The number of amides is 1. The maximum absolute atomic E-state index is 11.9. The third kappa shape index (κ3) is 2.22. The Kier molecular flexibility index (Phi) is 2.96. The van der Waals surface area contributed by atoms with Crippen LogP contribution in [0.3, 0.4) is 0 Å². The molecule has 1 saturated heterocycles. The molecule has 0 radical (unpaired) electrons. The van der Waals surface area contributed by atoms with Crippen molar-refractivity contribution in [1.82, 2.24) is 5.32 Å². The van der Waals surface area contributed by atoms with Crippen LogP contribution in [-0.4, -0.2) is 37.4 Å². The van der Waals surface area contributed by atoms with E-state index >= 15 is 0 Å². The summed E-state index contributed by atoms with van der Waals surface area (Å²) in [5, 5.41) is 1.96. The standard InChI is InChI=1S/C10H18N2O3S/c11-7-10(4-5-10)12-9(13)8-3-1-2-6-16(8,14)15/h8H,1-7,11H2,(H,12,13). The second kappa shape index (κ2) is 4.00. The van der Waals surface area contributed by atoms with E-state index in [0.29, 0.717) is 19.4 Å². The van der Waals surface area contributed by atoms with Gasteiger partial charge in [-0.05, 0) is 25.7 Å². The first kappa shape index (κ1) is 11.9. The summed E-state index contributed by atoms with van der Waals surface area (Å²) in [4.78, 5) is 11.9. The zero-order chi connectivity index (χ0) is 11.8. The second-order valence-corrected chi connectivity index (χ2v) is 7.13. The molecule has 2 aliphatic rings. The molecular formula is C10H18N2O3S. The van der Waals surface area contributed by atoms with Gasteiger partial charge < -0.3 is 11.1 Å². The van der Waals surface area contributed by atoms with E-state index in [0.717, 1.165) is 19.3 Å². The first-order valence-electron chi connectivity index (χ1n) is 5.73. The summed E-state index contributed by atoms with van der Waals surface area (Å²) in [7, 11) is -3.23. The summed E-state index contributed by atoms with van der Waals surface area (Å²) in [6.07, 6.45) is 3.67. The van der Waals surface area contributed by atoms with Gasteiger partial charge in [0.15, 0.2) is 9.84 Å². The molecule has 3 N–H and O–H groups in total. The Bertz CT molecular complexity index is 387. The largest absolute Gasteiger partial charge is 0.348 e. The predicted molar refractivity (Wildman–Crippen MR) is 60.6 cm³/mol.